The monoisotopic (exact) mass is 339 g/mol. The van der Waals surface area contributed by atoms with Crippen LogP contribution in [-0.4, -0.2) is 29.5 Å². The minimum Gasteiger partial charge on any atom is -0.367 e. The summed E-state index contributed by atoms with van der Waals surface area (Å²) in [5.74, 6) is 0.676. The second-order valence-electron chi connectivity index (χ2n) is 6.43. The number of aryl methyl sites for hydroxylation is 2. The summed E-state index contributed by atoms with van der Waals surface area (Å²) in [6.07, 6.45) is 4.59. The van der Waals surface area contributed by atoms with Gasteiger partial charge in [-0.25, -0.2) is 9.97 Å². The van der Waals surface area contributed by atoms with Gasteiger partial charge in [-0.2, -0.15) is 0 Å². The van der Waals surface area contributed by atoms with Gasteiger partial charge < -0.3 is 10.1 Å². The Labute approximate surface area is 148 Å². The number of ether oxygens (including phenoxy) is 1. The topological polar surface area (TPSA) is 64.1 Å². The predicted molar refractivity (Wildman–Crippen MR) is 96.3 cm³/mol. The van der Waals surface area contributed by atoms with E-state index in [0.717, 1.165) is 29.9 Å². The summed E-state index contributed by atoms with van der Waals surface area (Å²) in [6, 6.07) is 9.51. The number of aromatic nitrogens is 2. The Morgan fingerprint density at radius 3 is 2.72 bits per heavy atom. The fourth-order valence-corrected chi connectivity index (χ4v) is 3.37. The van der Waals surface area contributed by atoms with Gasteiger partial charge in [0.1, 0.15) is 5.82 Å². The maximum atomic E-state index is 12.4. The molecule has 1 amide bonds. The molecule has 0 saturated heterocycles. The number of nitrogens with zero attached hydrogens (tertiary/aromatic N) is 2. The van der Waals surface area contributed by atoms with Crippen molar-refractivity contribution < 1.29 is 9.53 Å². The third-order valence-electron chi connectivity index (χ3n) is 4.66. The van der Waals surface area contributed by atoms with Crippen molar-refractivity contribution in [1.82, 2.24) is 15.3 Å². The van der Waals surface area contributed by atoms with E-state index in [2.05, 4.69) is 17.2 Å². The lowest BCUT2D eigenvalue weighted by atomic mass is 9.95. The van der Waals surface area contributed by atoms with Crippen LogP contribution in [0.15, 0.2) is 30.3 Å². The fourth-order valence-electron chi connectivity index (χ4n) is 3.37. The summed E-state index contributed by atoms with van der Waals surface area (Å²) in [5, 5.41) is 2.94. The highest BCUT2D eigenvalue weighted by Crippen LogP contribution is 2.21. The molecule has 25 heavy (non-hydrogen) atoms. The van der Waals surface area contributed by atoms with Crippen LogP contribution in [0.25, 0.3) is 0 Å². The third-order valence-corrected chi connectivity index (χ3v) is 4.66. The highest BCUT2D eigenvalue weighted by molar-refractivity contribution is 5.82. The average molecular weight is 339 g/mol. The number of methoxy groups -OCH3 is 1. The minimum atomic E-state index is -0.590. The lowest BCUT2D eigenvalue weighted by Gasteiger charge is -2.18. The van der Waals surface area contributed by atoms with Crippen LogP contribution in [0.3, 0.4) is 0 Å². The van der Waals surface area contributed by atoms with Gasteiger partial charge in [0.05, 0.1) is 0 Å². The summed E-state index contributed by atoms with van der Waals surface area (Å²) in [6.45, 7) is 2.56. The standard InChI is InChI=1S/C20H25N3O2/c1-14-16-10-6-7-11-17(16)23-18(22-14)12-13-21-20(24)19(25-2)15-8-4-3-5-9-15/h3-5,8-9,19H,6-7,10-13H2,1-2H3,(H,21,24). The quantitative estimate of drug-likeness (QED) is 0.879. The van der Waals surface area contributed by atoms with Crippen LogP contribution in [-0.2, 0) is 28.8 Å². The van der Waals surface area contributed by atoms with Gasteiger partial charge in [0.25, 0.3) is 5.91 Å². The molecule has 1 atom stereocenters. The van der Waals surface area contributed by atoms with Gasteiger partial charge in [0.2, 0.25) is 0 Å². The number of fused-ring (bicyclic) bond motifs is 1. The van der Waals surface area contributed by atoms with E-state index in [9.17, 15) is 4.79 Å². The molecule has 132 valence electrons. The number of hydrogen-bond donors (Lipinski definition) is 1. The summed E-state index contributed by atoms with van der Waals surface area (Å²) in [4.78, 5) is 21.7. The molecule has 5 nitrogen and oxygen atoms in total. The van der Waals surface area contributed by atoms with Gasteiger partial charge in [0, 0.05) is 31.5 Å². The molecule has 1 heterocycles. The predicted octanol–water partition coefficient (Wildman–Crippen LogP) is 2.71. The van der Waals surface area contributed by atoms with Crippen LogP contribution in [0.1, 0.15) is 47.3 Å². The first-order valence-corrected chi connectivity index (χ1v) is 8.89. The number of carbonyl (C=O) groups is 1. The number of hydrogen-bond acceptors (Lipinski definition) is 4. The molecule has 2 aromatic rings. The Bertz CT molecular complexity index is 731. The molecule has 1 unspecified atom stereocenters. The van der Waals surface area contributed by atoms with E-state index in [1.165, 1.54) is 24.1 Å². The maximum absolute atomic E-state index is 12.4. The molecule has 0 aliphatic heterocycles. The lowest BCUT2D eigenvalue weighted by Crippen LogP contribution is -2.32. The minimum absolute atomic E-state index is 0.136. The van der Waals surface area contributed by atoms with Crippen molar-refractivity contribution in [1.29, 1.82) is 0 Å². The van der Waals surface area contributed by atoms with E-state index >= 15 is 0 Å². The van der Waals surface area contributed by atoms with Gasteiger partial charge in [-0.05, 0) is 43.7 Å². The Kier molecular flexibility index (Phi) is 5.76. The van der Waals surface area contributed by atoms with Crippen molar-refractivity contribution in [2.75, 3.05) is 13.7 Å². The zero-order valence-corrected chi connectivity index (χ0v) is 14.9. The normalized spacial score (nSPS) is 14.6. The van der Waals surface area contributed by atoms with Crippen molar-refractivity contribution in [3.8, 4) is 0 Å². The first-order valence-electron chi connectivity index (χ1n) is 8.89. The van der Waals surface area contributed by atoms with Gasteiger partial charge in [-0.3, -0.25) is 4.79 Å². The van der Waals surface area contributed by atoms with Crippen molar-refractivity contribution in [2.45, 2.75) is 45.1 Å². The number of rotatable bonds is 6. The second kappa shape index (κ2) is 8.21. The molecular weight excluding hydrogens is 314 g/mol. The first kappa shape index (κ1) is 17.5. The molecule has 1 aromatic carbocycles. The third kappa shape index (κ3) is 4.23. The van der Waals surface area contributed by atoms with Crippen molar-refractivity contribution in [3.05, 3.63) is 58.7 Å². The molecule has 1 N–H and O–H groups in total. The lowest BCUT2D eigenvalue weighted by molar-refractivity contribution is -0.131. The zero-order chi connectivity index (χ0) is 17.6. The van der Waals surface area contributed by atoms with Gasteiger partial charge in [0.15, 0.2) is 6.10 Å². The number of carbonyl (C=O) groups excluding carboxylic acids is 1. The van der Waals surface area contributed by atoms with Crippen LogP contribution in [0.4, 0.5) is 0 Å². The second-order valence-corrected chi connectivity index (χ2v) is 6.43. The van der Waals surface area contributed by atoms with Gasteiger partial charge >= 0.3 is 0 Å². The smallest absolute Gasteiger partial charge is 0.253 e. The molecule has 0 fully saturated rings. The highest BCUT2D eigenvalue weighted by atomic mass is 16.5. The van der Waals surface area contributed by atoms with Crippen LogP contribution in [0, 0.1) is 6.92 Å². The fraction of sp³-hybridized carbons (Fsp3) is 0.450. The van der Waals surface area contributed by atoms with E-state index in [4.69, 9.17) is 9.72 Å². The summed E-state index contributed by atoms with van der Waals surface area (Å²) in [5.41, 5.74) is 4.45. The summed E-state index contributed by atoms with van der Waals surface area (Å²) >= 11 is 0. The molecule has 0 bridgehead atoms. The summed E-state index contributed by atoms with van der Waals surface area (Å²) < 4.78 is 5.35. The zero-order valence-electron chi connectivity index (χ0n) is 14.9. The van der Waals surface area contributed by atoms with Crippen molar-refractivity contribution in [3.63, 3.8) is 0 Å². The average Bonchev–Trinajstić information content (AvgIpc) is 2.63. The highest BCUT2D eigenvalue weighted by Gasteiger charge is 2.20. The van der Waals surface area contributed by atoms with Crippen LogP contribution in [0.2, 0.25) is 0 Å². The molecule has 5 heteroatoms. The van der Waals surface area contributed by atoms with Crippen LogP contribution < -0.4 is 5.32 Å². The number of nitrogens with one attached hydrogen (secondary N) is 1. The molecular formula is C20H25N3O2. The molecule has 3 rings (SSSR count). The van der Waals surface area contributed by atoms with E-state index in [1.807, 2.05) is 30.3 Å². The molecule has 1 aromatic heterocycles. The van der Waals surface area contributed by atoms with E-state index in [0.29, 0.717) is 13.0 Å². The molecule has 1 aliphatic rings. The van der Waals surface area contributed by atoms with Gasteiger partial charge in [-0.1, -0.05) is 30.3 Å². The van der Waals surface area contributed by atoms with Gasteiger partial charge in [-0.15, -0.1) is 0 Å². The largest absolute Gasteiger partial charge is 0.367 e. The van der Waals surface area contributed by atoms with E-state index < -0.39 is 6.10 Å². The number of amides is 1. The van der Waals surface area contributed by atoms with Crippen molar-refractivity contribution >= 4 is 5.91 Å². The Morgan fingerprint density at radius 2 is 1.96 bits per heavy atom. The summed E-state index contributed by atoms with van der Waals surface area (Å²) in [7, 11) is 1.55. The first-order chi connectivity index (χ1) is 12.2. The van der Waals surface area contributed by atoms with E-state index in [-0.39, 0.29) is 5.91 Å². The SMILES string of the molecule is COC(C(=O)NCCc1nc(C)c2c(n1)CCCC2)c1ccccc1. The van der Waals surface area contributed by atoms with Crippen molar-refractivity contribution in [2.24, 2.45) is 0 Å². The Morgan fingerprint density at radius 1 is 1.20 bits per heavy atom. The molecule has 0 spiro atoms. The Hall–Kier alpha value is -2.27. The molecule has 0 saturated carbocycles. The van der Waals surface area contributed by atoms with Crippen LogP contribution >= 0.6 is 0 Å². The maximum Gasteiger partial charge on any atom is 0.253 e. The van der Waals surface area contributed by atoms with E-state index in [1.54, 1.807) is 7.11 Å². The molecule has 1 aliphatic carbocycles. The van der Waals surface area contributed by atoms with Crippen LogP contribution in [0.5, 0.6) is 0 Å². The Balaban J connectivity index is 1.59. The molecule has 0 radical (unpaired) electrons. The number of benzene rings is 1.